The van der Waals surface area contributed by atoms with Crippen molar-refractivity contribution >= 4 is 23.4 Å². The molecular weight excluding hydrogens is 384 g/mol. The SMILES string of the molecule is COc1ccccc1CCC(=O)Nc1ccc2c(c1)C(=O)N(CC1CCCO1)C2=O. The number of para-hydroxylation sites is 1. The molecule has 0 aliphatic carbocycles. The Morgan fingerprint density at radius 1 is 1.17 bits per heavy atom. The number of benzene rings is 2. The minimum Gasteiger partial charge on any atom is -0.496 e. The highest BCUT2D eigenvalue weighted by Gasteiger charge is 2.37. The second-order valence-electron chi connectivity index (χ2n) is 7.48. The summed E-state index contributed by atoms with van der Waals surface area (Å²) >= 11 is 0. The molecule has 2 aromatic rings. The first-order valence-corrected chi connectivity index (χ1v) is 10.1. The highest BCUT2D eigenvalue weighted by atomic mass is 16.5. The van der Waals surface area contributed by atoms with Crippen molar-refractivity contribution in [3.63, 3.8) is 0 Å². The number of ether oxygens (including phenoxy) is 2. The van der Waals surface area contributed by atoms with Gasteiger partial charge in [-0.05, 0) is 49.1 Å². The zero-order valence-corrected chi connectivity index (χ0v) is 16.8. The van der Waals surface area contributed by atoms with E-state index >= 15 is 0 Å². The monoisotopic (exact) mass is 408 g/mol. The molecule has 2 heterocycles. The first kappa shape index (κ1) is 20.1. The lowest BCUT2D eigenvalue weighted by atomic mass is 10.1. The number of carbonyl (C=O) groups is 3. The molecule has 0 aromatic heterocycles. The van der Waals surface area contributed by atoms with Crippen LogP contribution in [0.15, 0.2) is 42.5 Å². The lowest BCUT2D eigenvalue weighted by Gasteiger charge is -2.17. The molecular formula is C23H24N2O5. The molecule has 0 spiro atoms. The number of nitrogens with one attached hydrogen (secondary N) is 1. The average Bonchev–Trinajstić information content (AvgIpc) is 3.35. The number of imide groups is 1. The topological polar surface area (TPSA) is 84.9 Å². The summed E-state index contributed by atoms with van der Waals surface area (Å²) in [6.45, 7) is 0.936. The molecule has 2 aliphatic rings. The van der Waals surface area contributed by atoms with E-state index in [-0.39, 0.29) is 36.8 Å². The number of fused-ring (bicyclic) bond motifs is 1. The quantitative estimate of drug-likeness (QED) is 0.712. The molecule has 0 radical (unpaired) electrons. The van der Waals surface area contributed by atoms with Gasteiger partial charge in [-0.3, -0.25) is 19.3 Å². The van der Waals surface area contributed by atoms with Crippen LogP contribution in [0.1, 0.15) is 45.5 Å². The summed E-state index contributed by atoms with van der Waals surface area (Å²) in [5, 5.41) is 2.82. The Morgan fingerprint density at radius 3 is 2.73 bits per heavy atom. The average molecular weight is 408 g/mol. The Balaban J connectivity index is 1.40. The predicted molar refractivity (Wildman–Crippen MR) is 111 cm³/mol. The second kappa shape index (κ2) is 8.67. The van der Waals surface area contributed by atoms with Crippen molar-refractivity contribution in [2.24, 2.45) is 0 Å². The van der Waals surface area contributed by atoms with E-state index in [1.807, 2.05) is 24.3 Å². The van der Waals surface area contributed by atoms with Crippen molar-refractivity contribution < 1.29 is 23.9 Å². The smallest absolute Gasteiger partial charge is 0.261 e. The molecule has 1 N–H and O–H groups in total. The van der Waals surface area contributed by atoms with Crippen LogP contribution in [0.25, 0.3) is 0 Å². The van der Waals surface area contributed by atoms with Gasteiger partial charge in [0.2, 0.25) is 5.91 Å². The second-order valence-corrected chi connectivity index (χ2v) is 7.48. The van der Waals surface area contributed by atoms with Crippen LogP contribution in [0.2, 0.25) is 0 Å². The van der Waals surface area contributed by atoms with Gasteiger partial charge in [0.25, 0.3) is 11.8 Å². The van der Waals surface area contributed by atoms with Gasteiger partial charge in [0.05, 0.1) is 30.9 Å². The zero-order chi connectivity index (χ0) is 21.1. The number of anilines is 1. The van der Waals surface area contributed by atoms with E-state index in [2.05, 4.69) is 5.32 Å². The molecule has 4 rings (SSSR count). The number of carbonyl (C=O) groups excluding carboxylic acids is 3. The molecule has 2 aliphatic heterocycles. The summed E-state index contributed by atoms with van der Waals surface area (Å²) in [6.07, 6.45) is 2.50. The number of hydrogen-bond donors (Lipinski definition) is 1. The molecule has 1 unspecified atom stereocenters. The maximum Gasteiger partial charge on any atom is 0.261 e. The molecule has 156 valence electrons. The lowest BCUT2D eigenvalue weighted by molar-refractivity contribution is -0.116. The molecule has 7 nitrogen and oxygen atoms in total. The van der Waals surface area contributed by atoms with Crippen molar-refractivity contribution in [2.45, 2.75) is 31.8 Å². The van der Waals surface area contributed by atoms with Crippen molar-refractivity contribution in [3.05, 3.63) is 59.2 Å². The molecule has 0 saturated carbocycles. The number of nitrogens with zero attached hydrogens (tertiary/aromatic N) is 1. The van der Waals surface area contributed by atoms with Crippen LogP contribution in [0.4, 0.5) is 5.69 Å². The first-order chi connectivity index (χ1) is 14.6. The third-order valence-electron chi connectivity index (χ3n) is 5.48. The standard InChI is InChI=1S/C23H24N2O5/c1-29-20-7-3-2-5-15(20)8-11-21(26)24-16-9-10-18-19(13-16)23(28)25(22(18)27)14-17-6-4-12-30-17/h2-3,5,7,9-10,13,17H,4,6,8,11-12,14H2,1H3,(H,24,26). The van der Waals surface area contributed by atoms with Crippen LogP contribution in [0.5, 0.6) is 5.75 Å². The first-order valence-electron chi connectivity index (χ1n) is 10.1. The van der Waals surface area contributed by atoms with Crippen molar-refractivity contribution in [1.82, 2.24) is 4.90 Å². The molecule has 30 heavy (non-hydrogen) atoms. The molecule has 1 atom stereocenters. The van der Waals surface area contributed by atoms with Gasteiger partial charge in [0.15, 0.2) is 0 Å². The van der Waals surface area contributed by atoms with Gasteiger partial charge >= 0.3 is 0 Å². The highest BCUT2D eigenvalue weighted by Crippen LogP contribution is 2.28. The summed E-state index contributed by atoms with van der Waals surface area (Å²) in [5.74, 6) is -0.0673. The summed E-state index contributed by atoms with van der Waals surface area (Å²) in [6, 6.07) is 12.4. The van der Waals surface area contributed by atoms with E-state index in [9.17, 15) is 14.4 Å². The molecule has 3 amide bonds. The Kier molecular flexibility index (Phi) is 5.81. The fourth-order valence-corrected chi connectivity index (χ4v) is 3.91. The third kappa shape index (κ3) is 4.07. The molecule has 2 aromatic carbocycles. The minimum atomic E-state index is -0.337. The van der Waals surface area contributed by atoms with Crippen LogP contribution in [0, 0.1) is 0 Å². The largest absolute Gasteiger partial charge is 0.496 e. The van der Waals surface area contributed by atoms with E-state index < -0.39 is 0 Å². The zero-order valence-electron chi connectivity index (χ0n) is 16.8. The highest BCUT2D eigenvalue weighted by molar-refractivity contribution is 6.21. The van der Waals surface area contributed by atoms with E-state index in [0.29, 0.717) is 29.8 Å². The van der Waals surface area contributed by atoms with Crippen LogP contribution >= 0.6 is 0 Å². The van der Waals surface area contributed by atoms with Gasteiger partial charge in [-0.2, -0.15) is 0 Å². The van der Waals surface area contributed by atoms with Crippen molar-refractivity contribution in [1.29, 1.82) is 0 Å². The van der Waals surface area contributed by atoms with Crippen molar-refractivity contribution in [2.75, 3.05) is 25.6 Å². The van der Waals surface area contributed by atoms with Crippen LogP contribution < -0.4 is 10.1 Å². The minimum absolute atomic E-state index is 0.0960. The fraction of sp³-hybridized carbons (Fsp3) is 0.348. The maximum absolute atomic E-state index is 12.7. The van der Waals surface area contributed by atoms with Crippen molar-refractivity contribution in [3.8, 4) is 5.75 Å². The number of amides is 3. The van der Waals surface area contributed by atoms with Gasteiger partial charge in [-0.1, -0.05) is 18.2 Å². The fourth-order valence-electron chi connectivity index (χ4n) is 3.91. The Labute approximate surface area is 175 Å². The summed E-state index contributed by atoms with van der Waals surface area (Å²) in [4.78, 5) is 39.0. The van der Waals surface area contributed by atoms with E-state index in [4.69, 9.17) is 9.47 Å². The number of aryl methyl sites for hydroxylation is 1. The Bertz CT molecular complexity index is 981. The molecule has 1 saturated heterocycles. The van der Waals surface area contributed by atoms with Gasteiger partial charge in [0.1, 0.15) is 5.75 Å². The molecule has 0 bridgehead atoms. The summed E-state index contributed by atoms with van der Waals surface area (Å²) in [7, 11) is 1.60. The number of hydrogen-bond acceptors (Lipinski definition) is 5. The van der Waals surface area contributed by atoms with Gasteiger partial charge in [-0.15, -0.1) is 0 Å². The van der Waals surface area contributed by atoms with E-state index in [1.165, 1.54) is 4.90 Å². The number of rotatable bonds is 7. The van der Waals surface area contributed by atoms with Crippen LogP contribution in [-0.2, 0) is 16.0 Å². The lowest BCUT2D eigenvalue weighted by Crippen LogP contribution is -2.36. The third-order valence-corrected chi connectivity index (χ3v) is 5.48. The van der Waals surface area contributed by atoms with Gasteiger partial charge < -0.3 is 14.8 Å². The van der Waals surface area contributed by atoms with Gasteiger partial charge in [-0.25, -0.2) is 0 Å². The Morgan fingerprint density at radius 2 is 1.97 bits per heavy atom. The predicted octanol–water partition coefficient (Wildman–Crippen LogP) is 3.04. The normalized spacial score (nSPS) is 17.9. The maximum atomic E-state index is 12.7. The summed E-state index contributed by atoms with van der Waals surface area (Å²) in [5.41, 5.74) is 2.14. The molecule has 1 fully saturated rings. The number of methoxy groups -OCH3 is 1. The van der Waals surface area contributed by atoms with E-state index in [1.54, 1.807) is 25.3 Å². The molecule has 7 heteroatoms. The van der Waals surface area contributed by atoms with Crippen LogP contribution in [0.3, 0.4) is 0 Å². The van der Waals surface area contributed by atoms with Gasteiger partial charge in [0, 0.05) is 18.7 Å². The van der Waals surface area contributed by atoms with E-state index in [0.717, 1.165) is 24.2 Å². The Hall–Kier alpha value is -3.19. The van der Waals surface area contributed by atoms with Crippen LogP contribution in [-0.4, -0.2) is 49.0 Å². The summed E-state index contributed by atoms with van der Waals surface area (Å²) < 4.78 is 10.9.